The van der Waals surface area contributed by atoms with E-state index in [1.54, 1.807) is 0 Å². The highest BCUT2D eigenvalue weighted by Crippen LogP contribution is 2.38. The van der Waals surface area contributed by atoms with Crippen molar-refractivity contribution in [3.8, 4) is 11.5 Å². The number of alkyl halides is 3. The lowest BCUT2D eigenvalue weighted by Gasteiger charge is -2.13. The highest BCUT2D eigenvalue weighted by molar-refractivity contribution is 5.97. The van der Waals surface area contributed by atoms with Crippen molar-refractivity contribution >= 4 is 11.8 Å². The van der Waals surface area contributed by atoms with E-state index in [1.807, 2.05) is 0 Å². The summed E-state index contributed by atoms with van der Waals surface area (Å²) in [6.45, 7) is 1.27. The van der Waals surface area contributed by atoms with Crippen LogP contribution in [0.15, 0.2) is 6.20 Å². The number of aromatic nitrogens is 1. The van der Waals surface area contributed by atoms with E-state index in [0.717, 1.165) is 7.11 Å². The molecule has 1 rings (SSSR count). The zero-order valence-corrected chi connectivity index (χ0v) is 10.8. The number of ether oxygens (including phenoxy) is 3. The van der Waals surface area contributed by atoms with Gasteiger partial charge in [0.05, 0.1) is 13.7 Å². The molecule has 0 N–H and O–H groups in total. The summed E-state index contributed by atoms with van der Waals surface area (Å²) in [5.74, 6) is -4.02. The van der Waals surface area contributed by atoms with Crippen LogP contribution in [0.2, 0.25) is 0 Å². The maximum Gasteiger partial charge on any atom is 0.573 e. The van der Waals surface area contributed by atoms with E-state index in [0.29, 0.717) is 6.20 Å². The van der Waals surface area contributed by atoms with Gasteiger partial charge in [-0.2, -0.15) is 0 Å². The Morgan fingerprint density at radius 1 is 1.48 bits per heavy atom. The summed E-state index contributed by atoms with van der Waals surface area (Å²) >= 11 is 0. The first kappa shape index (κ1) is 16.5. The van der Waals surface area contributed by atoms with Crippen molar-refractivity contribution in [1.82, 2.24) is 4.98 Å². The lowest BCUT2D eigenvalue weighted by atomic mass is 10.2. The van der Waals surface area contributed by atoms with Crippen LogP contribution in [0.5, 0.6) is 11.5 Å². The quantitative estimate of drug-likeness (QED) is 0.466. The standard InChI is InChI=1S/C10H9F3N2O6/c1-3-20-9(16)6-7(19-2)5(21-10(11,12)13)4-14-8(6)15(17)18/h4H,3H2,1-2H3. The maximum absolute atomic E-state index is 12.2. The van der Waals surface area contributed by atoms with Crippen molar-refractivity contribution in [2.75, 3.05) is 13.7 Å². The predicted octanol–water partition coefficient (Wildman–Crippen LogP) is 2.07. The van der Waals surface area contributed by atoms with Crippen LogP contribution < -0.4 is 9.47 Å². The first-order chi connectivity index (χ1) is 9.71. The smallest absolute Gasteiger partial charge is 0.492 e. The molecule has 0 unspecified atom stereocenters. The minimum absolute atomic E-state index is 0.149. The van der Waals surface area contributed by atoms with Gasteiger partial charge >= 0.3 is 18.1 Å². The summed E-state index contributed by atoms with van der Waals surface area (Å²) in [7, 11) is 0.922. The van der Waals surface area contributed by atoms with Crippen molar-refractivity contribution in [2.24, 2.45) is 0 Å². The summed E-state index contributed by atoms with van der Waals surface area (Å²) in [6.07, 6.45) is -4.65. The lowest BCUT2D eigenvalue weighted by Crippen LogP contribution is -2.19. The third-order valence-corrected chi connectivity index (χ3v) is 2.06. The van der Waals surface area contributed by atoms with Gasteiger partial charge in [0.1, 0.15) is 0 Å². The monoisotopic (exact) mass is 310 g/mol. The molecule has 0 saturated heterocycles. The molecule has 11 heteroatoms. The number of methoxy groups -OCH3 is 1. The van der Waals surface area contributed by atoms with E-state index < -0.39 is 40.1 Å². The van der Waals surface area contributed by atoms with E-state index >= 15 is 0 Å². The number of nitro groups is 1. The molecule has 1 aromatic rings. The zero-order valence-electron chi connectivity index (χ0n) is 10.8. The van der Waals surface area contributed by atoms with Gasteiger partial charge in [-0.15, -0.1) is 13.2 Å². The van der Waals surface area contributed by atoms with Crippen molar-refractivity contribution < 1.29 is 37.1 Å². The van der Waals surface area contributed by atoms with E-state index in [1.165, 1.54) is 6.92 Å². The Bertz CT molecular complexity index is 560. The van der Waals surface area contributed by atoms with Crippen molar-refractivity contribution in [1.29, 1.82) is 0 Å². The normalized spacial score (nSPS) is 10.9. The summed E-state index contributed by atoms with van der Waals surface area (Å²) in [5, 5.41) is 10.8. The second-order valence-corrected chi connectivity index (χ2v) is 3.38. The fourth-order valence-electron chi connectivity index (χ4n) is 1.39. The third-order valence-electron chi connectivity index (χ3n) is 2.06. The molecular weight excluding hydrogens is 301 g/mol. The topological polar surface area (TPSA) is 101 Å². The lowest BCUT2D eigenvalue weighted by molar-refractivity contribution is -0.390. The SMILES string of the molecule is CCOC(=O)c1c([N+](=O)[O-])ncc(OC(F)(F)F)c1OC. The molecule has 0 spiro atoms. The van der Waals surface area contributed by atoms with Crippen LogP contribution in [0, 0.1) is 10.1 Å². The Morgan fingerprint density at radius 3 is 2.52 bits per heavy atom. The molecule has 0 fully saturated rings. The molecule has 0 bridgehead atoms. The Hall–Kier alpha value is -2.59. The summed E-state index contributed by atoms with van der Waals surface area (Å²) < 4.78 is 49.5. The van der Waals surface area contributed by atoms with Crippen LogP contribution in [0.25, 0.3) is 0 Å². The first-order valence-corrected chi connectivity index (χ1v) is 5.35. The van der Waals surface area contributed by atoms with Crippen LogP contribution in [0.1, 0.15) is 17.3 Å². The highest BCUT2D eigenvalue weighted by atomic mass is 19.4. The maximum atomic E-state index is 12.2. The highest BCUT2D eigenvalue weighted by Gasteiger charge is 2.38. The molecule has 0 saturated carbocycles. The number of pyridine rings is 1. The Kier molecular flexibility index (Phi) is 4.89. The number of carbonyl (C=O) groups is 1. The van der Waals surface area contributed by atoms with Crippen LogP contribution in [0.4, 0.5) is 19.0 Å². The molecule has 116 valence electrons. The van der Waals surface area contributed by atoms with Crippen LogP contribution in [-0.2, 0) is 4.74 Å². The average molecular weight is 310 g/mol. The van der Waals surface area contributed by atoms with Crippen LogP contribution >= 0.6 is 0 Å². The second kappa shape index (κ2) is 6.24. The van der Waals surface area contributed by atoms with Gasteiger partial charge in [0.25, 0.3) is 0 Å². The van der Waals surface area contributed by atoms with Crippen LogP contribution in [-0.4, -0.2) is 36.0 Å². The molecule has 21 heavy (non-hydrogen) atoms. The second-order valence-electron chi connectivity index (χ2n) is 3.38. The average Bonchev–Trinajstić information content (AvgIpc) is 2.36. The van der Waals surface area contributed by atoms with E-state index in [2.05, 4.69) is 19.2 Å². The minimum Gasteiger partial charge on any atom is -0.492 e. The molecule has 0 aliphatic heterocycles. The molecule has 0 aromatic carbocycles. The van der Waals surface area contributed by atoms with Gasteiger partial charge in [-0.3, -0.25) is 0 Å². The molecule has 1 heterocycles. The fourth-order valence-corrected chi connectivity index (χ4v) is 1.39. The van der Waals surface area contributed by atoms with E-state index in [4.69, 9.17) is 0 Å². The number of hydrogen-bond donors (Lipinski definition) is 0. The number of nitrogens with zero attached hydrogens (tertiary/aromatic N) is 2. The summed E-state index contributed by atoms with van der Waals surface area (Å²) in [5.41, 5.74) is -0.855. The van der Waals surface area contributed by atoms with Gasteiger partial charge in [-0.05, 0) is 16.8 Å². The third kappa shape index (κ3) is 3.94. The number of rotatable bonds is 5. The van der Waals surface area contributed by atoms with E-state index in [-0.39, 0.29) is 6.61 Å². The minimum atomic E-state index is -5.09. The number of halogens is 3. The Labute approximate surface area is 115 Å². The predicted molar refractivity (Wildman–Crippen MR) is 60.1 cm³/mol. The van der Waals surface area contributed by atoms with E-state index in [9.17, 15) is 28.1 Å². The van der Waals surface area contributed by atoms with Gasteiger partial charge in [0.2, 0.25) is 11.3 Å². The van der Waals surface area contributed by atoms with Crippen molar-refractivity contribution in [3.63, 3.8) is 0 Å². The Morgan fingerprint density at radius 2 is 2.10 bits per heavy atom. The zero-order chi connectivity index (χ0) is 16.2. The number of esters is 1. The largest absolute Gasteiger partial charge is 0.573 e. The number of hydrogen-bond acceptors (Lipinski definition) is 7. The molecule has 0 radical (unpaired) electrons. The van der Waals surface area contributed by atoms with Gasteiger partial charge in [0.15, 0.2) is 11.9 Å². The molecule has 0 atom stereocenters. The molecule has 0 amide bonds. The van der Waals surface area contributed by atoms with Gasteiger partial charge in [0, 0.05) is 0 Å². The molecule has 0 aliphatic rings. The van der Waals surface area contributed by atoms with Gasteiger partial charge in [-0.1, -0.05) is 0 Å². The molecule has 8 nitrogen and oxygen atoms in total. The van der Waals surface area contributed by atoms with Gasteiger partial charge in [-0.25, -0.2) is 4.79 Å². The summed E-state index contributed by atoms with van der Waals surface area (Å²) in [6, 6.07) is 0. The first-order valence-electron chi connectivity index (χ1n) is 5.35. The fraction of sp³-hybridized carbons (Fsp3) is 0.400. The van der Waals surface area contributed by atoms with Crippen molar-refractivity contribution in [2.45, 2.75) is 13.3 Å². The molecular formula is C10H9F3N2O6. The number of carbonyl (C=O) groups excluding carboxylic acids is 1. The van der Waals surface area contributed by atoms with Crippen molar-refractivity contribution in [3.05, 3.63) is 21.9 Å². The van der Waals surface area contributed by atoms with Crippen LogP contribution in [0.3, 0.4) is 0 Å². The molecule has 1 aromatic heterocycles. The molecule has 0 aliphatic carbocycles. The summed E-state index contributed by atoms with van der Waals surface area (Å²) in [4.78, 5) is 24.6. The Balaban J connectivity index is 3.49. The van der Waals surface area contributed by atoms with Gasteiger partial charge < -0.3 is 24.3 Å².